The third-order valence-corrected chi connectivity index (χ3v) is 3.84. The van der Waals surface area contributed by atoms with E-state index in [9.17, 15) is 5.11 Å². The van der Waals surface area contributed by atoms with Crippen molar-refractivity contribution < 1.29 is 5.11 Å². The minimum absolute atomic E-state index is 0.308. The highest BCUT2D eigenvalue weighted by Gasteiger charge is 1.98. The average Bonchev–Trinajstić information content (AvgIpc) is 2.32. The van der Waals surface area contributed by atoms with Crippen LogP contribution in [0.5, 0.6) is 5.75 Å². The maximum absolute atomic E-state index is 9.19. The molecule has 0 atom stereocenters. The van der Waals surface area contributed by atoms with Crippen LogP contribution in [0.4, 0.5) is 0 Å². The number of hydrogen-bond acceptors (Lipinski definition) is 3. The molecule has 0 aliphatic carbocycles. The van der Waals surface area contributed by atoms with Gasteiger partial charge in [-0.25, -0.2) is 0 Å². The van der Waals surface area contributed by atoms with Gasteiger partial charge in [0.25, 0.3) is 0 Å². The van der Waals surface area contributed by atoms with Crippen molar-refractivity contribution in [2.45, 2.75) is 14.7 Å². The summed E-state index contributed by atoms with van der Waals surface area (Å²) >= 11 is 3.44. The summed E-state index contributed by atoms with van der Waals surface area (Å²) in [6.07, 6.45) is 2.07. The lowest BCUT2D eigenvalue weighted by Crippen LogP contribution is -1.75. The van der Waals surface area contributed by atoms with Gasteiger partial charge in [-0.1, -0.05) is 17.8 Å². The lowest BCUT2D eigenvalue weighted by Gasteiger charge is -2.03. The van der Waals surface area contributed by atoms with Crippen LogP contribution in [-0.2, 0) is 0 Å². The first-order valence-corrected chi connectivity index (χ1v) is 6.93. The molecule has 0 fully saturated rings. The van der Waals surface area contributed by atoms with E-state index in [-0.39, 0.29) is 0 Å². The van der Waals surface area contributed by atoms with E-state index >= 15 is 0 Å². The Morgan fingerprint density at radius 1 is 0.875 bits per heavy atom. The van der Waals surface area contributed by atoms with Crippen LogP contribution >= 0.6 is 23.5 Å². The number of benzene rings is 2. The molecule has 0 bridgehead atoms. The van der Waals surface area contributed by atoms with E-state index in [1.807, 2.05) is 12.1 Å². The quantitative estimate of drug-likeness (QED) is 0.819. The van der Waals surface area contributed by atoms with Crippen molar-refractivity contribution in [2.24, 2.45) is 0 Å². The van der Waals surface area contributed by atoms with Gasteiger partial charge in [-0.05, 0) is 48.7 Å². The standard InChI is InChI=1S/C13H12OS2/c1-15-12-3-2-4-13(9-12)16-11-7-5-10(14)6-8-11/h2-9,14H,1H3. The van der Waals surface area contributed by atoms with E-state index in [0.29, 0.717) is 5.75 Å². The molecular formula is C13H12OS2. The molecule has 2 aromatic rings. The van der Waals surface area contributed by atoms with Crippen LogP contribution in [0.25, 0.3) is 0 Å². The molecule has 0 unspecified atom stereocenters. The van der Waals surface area contributed by atoms with Gasteiger partial charge in [0.15, 0.2) is 0 Å². The molecule has 2 aromatic carbocycles. The summed E-state index contributed by atoms with van der Waals surface area (Å²) in [7, 11) is 0. The second-order valence-electron chi connectivity index (χ2n) is 3.27. The summed E-state index contributed by atoms with van der Waals surface area (Å²) in [6, 6.07) is 15.7. The van der Waals surface area contributed by atoms with E-state index in [4.69, 9.17) is 0 Å². The van der Waals surface area contributed by atoms with Gasteiger partial charge in [0.05, 0.1) is 0 Å². The SMILES string of the molecule is CSc1cccc(Sc2ccc(O)cc2)c1. The third kappa shape index (κ3) is 2.97. The Hall–Kier alpha value is -1.06. The summed E-state index contributed by atoms with van der Waals surface area (Å²) in [6.45, 7) is 0. The number of hydrogen-bond donors (Lipinski definition) is 1. The van der Waals surface area contributed by atoms with Gasteiger partial charge in [-0.15, -0.1) is 11.8 Å². The Bertz CT molecular complexity index is 466. The number of rotatable bonds is 3. The maximum atomic E-state index is 9.19. The Kier molecular flexibility index (Phi) is 3.80. The Labute approximate surface area is 104 Å². The van der Waals surface area contributed by atoms with E-state index in [0.717, 1.165) is 4.90 Å². The highest BCUT2D eigenvalue weighted by Crippen LogP contribution is 2.30. The van der Waals surface area contributed by atoms with E-state index in [1.165, 1.54) is 9.79 Å². The lowest BCUT2D eigenvalue weighted by atomic mass is 10.3. The Morgan fingerprint density at radius 3 is 2.25 bits per heavy atom. The number of phenols is 1. The topological polar surface area (TPSA) is 20.2 Å². The van der Waals surface area contributed by atoms with Crippen LogP contribution < -0.4 is 0 Å². The first kappa shape index (κ1) is 11.4. The zero-order valence-electron chi connectivity index (χ0n) is 8.88. The molecule has 0 amide bonds. The van der Waals surface area contributed by atoms with Gasteiger partial charge >= 0.3 is 0 Å². The smallest absolute Gasteiger partial charge is 0.115 e. The molecule has 0 aromatic heterocycles. The molecule has 3 heteroatoms. The van der Waals surface area contributed by atoms with Gasteiger partial charge < -0.3 is 5.11 Å². The molecular weight excluding hydrogens is 236 g/mol. The van der Waals surface area contributed by atoms with Crippen molar-refractivity contribution in [3.63, 3.8) is 0 Å². The highest BCUT2D eigenvalue weighted by atomic mass is 32.2. The van der Waals surface area contributed by atoms with Gasteiger partial charge in [-0.3, -0.25) is 0 Å². The van der Waals surface area contributed by atoms with E-state index < -0.39 is 0 Å². The van der Waals surface area contributed by atoms with Crippen molar-refractivity contribution in [2.75, 3.05) is 6.26 Å². The van der Waals surface area contributed by atoms with Gasteiger partial charge in [-0.2, -0.15) is 0 Å². The molecule has 0 spiro atoms. The summed E-state index contributed by atoms with van der Waals surface area (Å²) < 4.78 is 0. The fourth-order valence-corrected chi connectivity index (χ4v) is 2.73. The molecule has 0 aliphatic heterocycles. The summed E-state index contributed by atoms with van der Waals surface area (Å²) in [5.41, 5.74) is 0. The maximum Gasteiger partial charge on any atom is 0.115 e. The van der Waals surface area contributed by atoms with Crippen LogP contribution in [0.15, 0.2) is 63.2 Å². The monoisotopic (exact) mass is 248 g/mol. The number of phenolic OH excluding ortho intramolecular Hbond substituents is 1. The largest absolute Gasteiger partial charge is 0.508 e. The zero-order valence-corrected chi connectivity index (χ0v) is 10.5. The fourth-order valence-electron chi connectivity index (χ4n) is 1.31. The molecule has 0 aliphatic rings. The molecule has 0 saturated carbocycles. The first-order valence-electron chi connectivity index (χ1n) is 4.89. The number of aromatic hydroxyl groups is 1. The molecule has 1 nitrogen and oxygen atoms in total. The Balaban J connectivity index is 2.16. The minimum Gasteiger partial charge on any atom is -0.508 e. The van der Waals surface area contributed by atoms with Crippen molar-refractivity contribution in [3.05, 3.63) is 48.5 Å². The van der Waals surface area contributed by atoms with Crippen LogP contribution in [-0.4, -0.2) is 11.4 Å². The predicted molar refractivity (Wildman–Crippen MR) is 70.5 cm³/mol. The second-order valence-corrected chi connectivity index (χ2v) is 5.30. The molecule has 0 saturated heterocycles. The van der Waals surface area contributed by atoms with E-state index in [1.54, 1.807) is 35.7 Å². The zero-order chi connectivity index (χ0) is 11.4. The van der Waals surface area contributed by atoms with Crippen molar-refractivity contribution in [1.29, 1.82) is 0 Å². The molecule has 2 rings (SSSR count). The minimum atomic E-state index is 0.308. The second kappa shape index (κ2) is 5.32. The van der Waals surface area contributed by atoms with Gasteiger partial charge in [0.1, 0.15) is 5.75 Å². The van der Waals surface area contributed by atoms with Crippen molar-refractivity contribution >= 4 is 23.5 Å². The summed E-state index contributed by atoms with van der Waals surface area (Å²) in [5, 5.41) is 9.19. The average molecular weight is 248 g/mol. The highest BCUT2D eigenvalue weighted by molar-refractivity contribution is 7.99. The van der Waals surface area contributed by atoms with Crippen LogP contribution in [0.3, 0.4) is 0 Å². The Morgan fingerprint density at radius 2 is 1.56 bits per heavy atom. The van der Waals surface area contributed by atoms with Crippen LogP contribution in [0.2, 0.25) is 0 Å². The molecule has 0 radical (unpaired) electrons. The van der Waals surface area contributed by atoms with Crippen molar-refractivity contribution in [3.8, 4) is 5.75 Å². The van der Waals surface area contributed by atoms with E-state index in [2.05, 4.69) is 30.5 Å². The van der Waals surface area contributed by atoms with Crippen LogP contribution in [0, 0.1) is 0 Å². The van der Waals surface area contributed by atoms with Gasteiger partial charge in [0.2, 0.25) is 0 Å². The molecule has 82 valence electrons. The molecule has 0 heterocycles. The van der Waals surface area contributed by atoms with Crippen LogP contribution in [0.1, 0.15) is 0 Å². The molecule has 16 heavy (non-hydrogen) atoms. The fraction of sp³-hybridized carbons (Fsp3) is 0.0769. The predicted octanol–water partition coefficient (Wildman–Crippen LogP) is 4.27. The summed E-state index contributed by atoms with van der Waals surface area (Å²) in [5.74, 6) is 0.308. The van der Waals surface area contributed by atoms with Gasteiger partial charge in [0, 0.05) is 14.7 Å². The summed E-state index contributed by atoms with van der Waals surface area (Å²) in [4.78, 5) is 3.62. The third-order valence-electron chi connectivity index (χ3n) is 2.11. The lowest BCUT2D eigenvalue weighted by molar-refractivity contribution is 0.475. The van der Waals surface area contributed by atoms with Crippen molar-refractivity contribution in [1.82, 2.24) is 0 Å². The first-order chi connectivity index (χ1) is 7.78. The molecule has 1 N–H and O–H groups in total. The normalized spacial score (nSPS) is 10.3. The number of thioether (sulfide) groups is 1.